The van der Waals surface area contributed by atoms with Crippen molar-refractivity contribution in [2.75, 3.05) is 0 Å². The van der Waals surface area contributed by atoms with E-state index < -0.39 is 17.6 Å². The van der Waals surface area contributed by atoms with Crippen LogP contribution in [-0.4, -0.2) is 4.98 Å². The number of hydrogen-bond acceptors (Lipinski definition) is 2. The van der Waals surface area contributed by atoms with Crippen LogP contribution >= 0.6 is 11.3 Å². The maximum absolute atomic E-state index is 13.8. The van der Waals surface area contributed by atoms with E-state index in [2.05, 4.69) is 4.98 Å². The topological polar surface area (TPSA) is 12.9 Å². The molecule has 0 radical (unpaired) electrons. The molecule has 0 saturated carbocycles. The number of benzene rings is 2. The Morgan fingerprint density at radius 3 is 2.45 bits per heavy atom. The van der Waals surface area contributed by atoms with Crippen LogP contribution in [0.4, 0.5) is 17.6 Å². The Balaban J connectivity index is 2.17. The highest BCUT2D eigenvalue weighted by Gasteiger charge is 2.31. The zero-order chi connectivity index (χ0) is 14.3. The van der Waals surface area contributed by atoms with Gasteiger partial charge in [0.1, 0.15) is 10.8 Å². The van der Waals surface area contributed by atoms with Crippen molar-refractivity contribution in [3.05, 3.63) is 53.8 Å². The molecule has 102 valence electrons. The van der Waals surface area contributed by atoms with Gasteiger partial charge in [-0.1, -0.05) is 12.1 Å². The van der Waals surface area contributed by atoms with Crippen LogP contribution in [0.1, 0.15) is 5.56 Å². The molecule has 0 atom stereocenters. The van der Waals surface area contributed by atoms with Crippen LogP contribution < -0.4 is 0 Å². The van der Waals surface area contributed by atoms with Gasteiger partial charge >= 0.3 is 6.18 Å². The number of hydrogen-bond donors (Lipinski definition) is 0. The molecule has 0 unspecified atom stereocenters. The molecule has 20 heavy (non-hydrogen) atoms. The third-order valence-electron chi connectivity index (χ3n) is 2.82. The SMILES string of the molecule is Fc1ccc(C(F)(F)F)cc1-c1nc2ccccc2s1. The molecule has 1 aromatic heterocycles. The van der Waals surface area contributed by atoms with Crippen molar-refractivity contribution < 1.29 is 17.6 Å². The van der Waals surface area contributed by atoms with Gasteiger partial charge < -0.3 is 0 Å². The summed E-state index contributed by atoms with van der Waals surface area (Å²) >= 11 is 1.17. The maximum Gasteiger partial charge on any atom is 0.416 e. The summed E-state index contributed by atoms with van der Waals surface area (Å²) in [5.74, 6) is -0.711. The number of alkyl halides is 3. The molecule has 0 aliphatic rings. The van der Waals surface area contributed by atoms with Crippen molar-refractivity contribution in [2.45, 2.75) is 6.18 Å². The van der Waals surface area contributed by atoms with Crippen LogP contribution in [0.15, 0.2) is 42.5 Å². The van der Waals surface area contributed by atoms with E-state index >= 15 is 0 Å². The summed E-state index contributed by atoms with van der Waals surface area (Å²) < 4.78 is 52.6. The van der Waals surface area contributed by atoms with E-state index in [1.807, 2.05) is 0 Å². The van der Waals surface area contributed by atoms with E-state index in [1.165, 1.54) is 11.3 Å². The lowest BCUT2D eigenvalue weighted by molar-refractivity contribution is -0.137. The van der Waals surface area contributed by atoms with Gasteiger partial charge in [0.15, 0.2) is 0 Å². The molecule has 1 nitrogen and oxygen atoms in total. The molecule has 0 spiro atoms. The fourth-order valence-corrected chi connectivity index (χ4v) is 2.84. The summed E-state index contributed by atoms with van der Waals surface area (Å²) in [5, 5.41) is 0.245. The Kier molecular flexibility index (Phi) is 2.97. The summed E-state index contributed by atoms with van der Waals surface area (Å²) in [7, 11) is 0. The lowest BCUT2D eigenvalue weighted by Gasteiger charge is -2.08. The van der Waals surface area contributed by atoms with Crippen LogP contribution in [0.25, 0.3) is 20.8 Å². The summed E-state index contributed by atoms with van der Waals surface area (Å²) in [5.41, 5.74) is -0.363. The van der Waals surface area contributed by atoms with Crippen LogP contribution in [-0.2, 0) is 6.18 Å². The van der Waals surface area contributed by atoms with Crippen molar-refractivity contribution >= 4 is 21.6 Å². The van der Waals surface area contributed by atoms with Gasteiger partial charge in [0.2, 0.25) is 0 Å². The van der Waals surface area contributed by atoms with Crippen molar-refractivity contribution in [1.29, 1.82) is 0 Å². The van der Waals surface area contributed by atoms with Crippen molar-refractivity contribution in [3.63, 3.8) is 0 Å². The lowest BCUT2D eigenvalue weighted by atomic mass is 10.1. The van der Waals surface area contributed by atoms with E-state index in [1.54, 1.807) is 24.3 Å². The normalized spacial score (nSPS) is 12.0. The van der Waals surface area contributed by atoms with E-state index in [9.17, 15) is 17.6 Å². The van der Waals surface area contributed by atoms with Gasteiger partial charge in [0.05, 0.1) is 15.8 Å². The number of thiazole rings is 1. The predicted octanol–water partition coefficient (Wildman–Crippen LogP) is 5.12. The Hall–Kier alpha value is -1.95. The lowest BCUT2D eigenvalue weighted by Crippen LogP contribution is -2.05. The molecule has 0 aliphatic heterocycles. The molecule has 0 saturated heterocycles. The number of nitrogens with zero attached hydrogens (tertiary/aromatic N) is 1. The van der Waals surface area contributed by atoms with Crippen molar-refractivity contribution in [1.82, 2.24) is 4.98 Å². The number of aromatic nitrogens is 1. The largest absolute Gasteiger partial charge is 0.416 e. The van der Waals surface area contributed by atoms with Crippen LogP contribution in [0.3, 0.4) is 0 Å². The second kappa shape index (κ2) is 4.56. The molecule has 1 heterocycles. The Morgan fingerprint density at radius 2 is 1.75 bits per heavy atom. The van der Waals surface area contributed by atoms with Gasteiger partial charge in [-0.3, -0.25) is 0 Å². The number of halogens is 4. The Labute approximate surface area is 115 Å². The van der Waals surface area contributed by atoms with Gasteiger partial charge in [-0.25, -0.2) is 9.37 Å². The maximum atomic E-state index is 13.8. The van der Waals surface area contributed by atoms with Crippen LogP contribution in [0.5, 0.6) is 0 Å². The fourth-order valence-electron chi connectivity index (χ4n) is 1.85. The average molecular weight is 297 g/mol. The second-order valence-electron chi connectivity index (χ2n) is 4.18. The highest BCUT2D eigenvalue weighted by atomic mass is 32.1. The standard InChI is InChI=1S/C14H7F4NS/c15-10-6-5-8(14(16,17)18)7-9(10)13-19-11-3-1-2-4-12(11)20-13/h1-7H. The smallest absolute Gasteiger partial charge is 0.236 e. The third-order valence-corrected chi connectivity index (χ3v) is 3.89. The molecule has 3 rings (SSSR count). The van der Waals surface area contributed by atoms with E-state index in [0.29, 0.717) is 5.52 Å². The number of rotatable bonds is 1. The molecule has 3 aromatic rings. The first-order chi connectivity index (χ1) is 9.45. The predicted molar refractivity (Wildman–Crippen MR) is 70.0 cm³/mol. The zero-order valence-corrected chi connectivity index (χ0v) is 10.7. The fraction of sp³-hybridized carbons (Fsp3) is 0.0714. The Morgan fingerprint density at radius 1 is 1.00 bits per heavy atom. The zero-order valence-electron chi connectivity index (χ0n) is 9.91. The molecular formula is C14H7F4NS. The summed E-state index contributed by atoms with van der Waals surface area (Å²) in [6.07, 6.45) is -4.50. The summed E-state index contributed by atoms with van der Waals surface area (Å²) in [4.78, 5) is 4.18. The van der Waals surface area contributed by atoms with Gasteiger partial charge in [0.25, 0.3) is 0 Å². The molecule has 0 fully saturated rings. The van der Waals surface area contributed by atoms with Crippen molar-refractivity contribution in [3.8, 4) is 10.6 Å². The molecule has 0 N–H and O–H groups in total. The van der Waals surface area contributed by atoms with Gasteiger partial charge in [0, 0.05) is 5.56 Å². The first-order valence-corrected chi connectivity index (χ1v) is 6.49. The minimum atomic E-state index is -4.50. The van der Waals surface area contributed by atoms with E-state index in [0.717, 1.165) is 22.9 Å². The van der Waals surface area contributed by atoms with Crippen LogP contribution in [0, 0.1) is 5.82 Å². The van der Waals surface area contributed by atoms with E-state index in [-0.39, 0.29) is 10.6 Å². The quantitative estimate of drug-likeness (QED) is 0.568. The molecule has 2 aromatic carbocycles. The number of fused-ring (bicyclic) bond motifs is 1. The number of para-hydroxylation sites is 1. The third kappa shape index (κ3) is 2.27. The minimum Gasteiger partial charge on any atom is -0.236 e. The van der Waals surface area contributed by atoms with Crippen molar-refractivity contribution in [2.24, 2.45) is 0 Å². The van der Waals surface area contributed by atoms with Gasteiger partial charge in [-0.2, -0.15) is 13.2 Å². The highest BCUT2D eigenvalue weighted by molar-refractivity contribution is 7.21. The molecule has 6 heteroatoms. The van der Waals surface area contributed by atoms with E-state index in [4.69, 9.17) is 0 Å². The first-order valence-electron chi connectivity index (χ1n) is 5.68. The minimum absolute atomic E-state index is 0.124. The average Bonchev–Trinajstić information content (AvgIpc) is 2.81. The molecule has 0 aliphatic carbocycles. The molecular weight excluding hydrogens is 290 g/mol. The molecule has 0 bridgehead atoms. The summed E-state index contributed by atoms with van der Waals surface area (Å²) in [6, 6.07) is 9.45. The second-order valence-corrected chi connectivity index (χ2v) is 5.21. The monoisotopic (exact) mass is 297 g/mol. The summed E-state index contributed by atoms with van der Waals surface area (Å²) in [6.45, 7) is 0. The molecule has 0 amide bonds. The van der Waals surface area contributed by atoms with Gasteiger partial charge in [-0.15, -0.1) is 11.3 Å². The Bertz CT molecular complexity index is 743. The van der Waals surface area contributed by atoms with Crippen LogP contribution in [0.2, 0.25) is 0 Å². The first kappa shape index (κ1) is 13.1. The highest BCUT2D eigenvalue weighted by Crippen LogP contribution is 2.36. The van der Waals surface area contributed by atoms with Gasteiger partial charge in [-0.05, 0) is 30.3 Å².